The lowest BCUT2D eigenvalue weighted by Gasteiger charge is -2.64. The number of likely N-dealkylation sites (tertiary alicyclic amines) is 1. The van der Waals surface area contributed by atoms with Crippen molar-refractivity contribution >= 4 is 17.4 Å². The summed E-state index contributed by atoms with van der Waals surface area (Å²) >= 11 is 0. The molecular weight excluding hydrogens is 592 g/mol. The number of allylic oxidation sites excluding steroid dienone is 1. The average molecular weight is 646 g/mol. The highest BCUT2D eigenvalue weighted by Crippen LogP contribution is 2.55. The van der Waals surface area contributed by atoms with Crippen LogP contribution in [0.25, 0.3) is 5.70 Å². The number of esters is 1. The second kappa shape index (κ2) is 12.9. The van der Waals surface area contributed by atoms with Gasteiger partial charge in [0.15, 0.2) is 0 Å². The molecule has 7 N–H and O–H groups in total. The maximum Gasteiger partial charge on any atom is 0.308 e. The van der Waals surface area contributed by atoms with E-state index < -0.39 is 0 Å². The summed E-state index contributed by atoms with van der Waals surface area (Å²) in [5.41, 5.74) is 21.8. The van der Waals surface area contributed by atoms with Gasteiger partial charge in [0.2, 0.25) is 0 Å². The number of methoxy groups -OCH3 is 1. The summed E-state index contributed by atoms with van der Waals surface area (Å²) in [4.78, 5) is 26.6. The van der Waals surface area contributed by atoms with Gasteiger partial charge in [-0.25, -0.2) is 9.97 Å². The number of benzene rings is 1. The Labute approximate surface area is 279 Å². The van der Waals surface area contributed by atoms with Crippen LogP contribution in [0.1, 0.15) is 63.8 Å². The van der Waals surface area contributed by atoms with Crippen LogP contribution in [-0.2, 0) is 14.9 Å². The monoisotopic (exact) mass is 645 g/mol. The number of para-hydroxylation sites is 1. The third-order valence-corrected chi connectivity index (χ3v) is 11.6. The Kier molecular flexibility index (Phi) is 9.04. The predicted octanol–water partition coefficient (Wildman–Crippen LogP) is 3.26. The van der Waals surface area contributed by atoms with Crippen LogP contribution in [0.3, 0.4) is 0 Å². The van der Waals surface area contributed by atoms with Crippen LogP contribution < -0.4 is 22.1 Å². The van der Waals surface area contributed by atoms with Gasteiger partial charge >= 0.3 is 5.97 Å². The molecule has 47 heavy (non-hydrogen) atoms. The molecule has 6 rings (SSSR count). The van der Waals surface area contributed by atoms with Crippen molar-refractivity contribution in [3.63, 3.8) is 0 Å². The van der Waals surface area contributed by atoms with E-state index in [0.717, 1.165) is 89.3 Å². The van der Waals surface area contributed by atoms with E-state index in [1.165, 1.54) is 24.7 Å². The van der Waals surface area contributed by atoms with Crippen molar-refractivity contribution in [3.8, 4) is 5.75 Å². The molecular formula is C36H53N8O3+. The lowest BCUT2D eigenvalue weighted by molar-refractivity contribution is -0.987. The third-order valence-electron chi connectivity index (χ3n) is 11.6. The second-order valence-corrected chi connectivity index (χ2v) is 14.9. The molecule has 254 valence electrons. The van der Waals surface area contributed by atoms with Gasteiger partial charge in [-0.3, -0.25) is 4.79 Å². The number of aromatic hydroxyl groups is 1. The smallest absolute Gasteiger partial charge is 0.308 e. The van der Waals surface area contributed by atoms with Gasteiger partial charge in [-0.05, 0) is 62.7 Å². The number of rotatable bonds is 7. The first kappa shape index (κ1) is 32.9. The Hall–Kier alpha value is -3.99. The molecule has 1 saturated carbocycles. The number of phenolic OH excluding ortho intramolecular Hbond substituents is 1. The van der Waals surface area contributed by atoms with E-state index in [2.05, 4.69) is 23.6 Å². The molecule has 11 heteroatoms. The van der Waals surface area contributed by atoms with Gasteiger partial charge in [-0.2, -0.15) is 0 Å². The summed E-state index contributed by atoms with van der Waals surface area (Å²) in [7, 11) is 1.50. The molecule has 2 aromatic rings. The molecule has 3 aliphatic heterocycles. The number of ether oxygens (including phenoxy) is 1. The largest absolute Gasteiger partial charge is 0.507 e. The van der Waals surface area contributed by atoms with Crippen LogP contribution in [0.5, 0.6) is 5.75 Å². The lowest BCUT2D eigenvalue weighted by Crippen LogP contribution is -2.77. The number of anilines is 1. The molecule has 0 radical (unpaired) electrons. The van der Waals surface area contributed by atoms with Crippen LogP contribution in [0.15, 0.2) is 54.3 Å². The molecule has 4 aliphatic rings. The SMILES string of the molecule is CCC1(c2ncc(N3CC[N+]4(CC3)CC3(CC(C(=O)OC)C3)C4)cn2)CCCN(C(/C=C(\N)c2ccccc2O)=C(N)N)CC(C)C1. The number of hydrogen-bond donors (Lipinski definition) is 4. The van der Waals surface area contributed by atoms with Gasteiger partial charge in [0, 0.05) is 29.8 Å². The molecule has 0 amide bonds. The van der Waals surface area contributed by atoms with E-state index in [0.29, 0.717) is 28.3 Å². The summed E-state index contributed by atoms with van der Waals surface area (Å²) in [6.45, 7) is 12.8. The Bertz CT molecular complexity index is 1500. The first-order valence-electron chi connectivity index (χ1n) is 17.3. The number of carbonyl (C=O) groups excluding carboxylic acids is 1. The first-order chi connectivity index (χ1) is 22.5. The minimum Gasteiger partial charge on any atom is -0.507 e. The van der Waals surface area contributed by atoms with Crippen molar-refractivity contribution < 1.29 is 19.1 Å². The molecule has 11 nitrogen and oxygen atoms in total. The molecule has 4 heterocycles. The summed E-state index contributed by atoms with van der Waals surface area (Å²) in [5, 5.41) is 10.3. The minimum atomic E-state index is -0.0964. The van der Waals surface area contributed by atoms with Crippen LogP contribution in [0.2, 0.25) is 0 Å². The zero-order valence-electron chi connectivity index (χ0n) is 28.3. The fourth-order valence-electron chi connectivity index (χ4n) is 9.29. The number of phenols is 1. The van der Waals surface area contributed by atoms with E-state index in [-0.39, 0.29) is 28.9 Å². The van der Waals surface area contributed by atoms with E-state index >= 15 is 0 Å². The molecule has 2 spiro atoms. The highest BCUT2D eigenvalue weighted by Gasteiger charge is 2.63. The molecule has 1 aliphatic carbocycles. The Morgan fingerprint density at radius 2 is 1.77 bits per heavy atom. The molecule has 2 atom stereocenters. The molecule has 1 aromatic carbocycles. The van der Waals surface area contributed by atoms with Gasteiger partial charge < -0.3 is 41.3 Å². The summed E-state index contributed by atoms with van der Waals surface area (Å²) in [6.07, 6.45) is 11.7. The van der Waals surface area contributed by atoms with Crippen LogP contribution >= 0.6 is 0 Å². The maximum absolute atomic E-state index is 11.9. The molecule has 3 saturated heterocycles. The van der Waals surface area contributed by atoms with E-state index in [1.807, 2.05) is 18.5 Å². The highest BCUT2D eigenvalue weighted by molar-refractivity contribution is 5.73. The summed E-state index contributed by atoms with van der Waals surface area (Å²) in [6, 6.07) is 7.01. The van der Waals surface area contributed by atoms with Crippen LogP contribution in [0, 0.1) is 17.3 Å². The summed E-state index contributed by atoms with van der Waals surface area (Å²) < 4.78 is 6.14. The zero-order valence-corrected chi connectivity index (χ0v) is 28.3. The molecule has 0 bridgehead atoms. The first-order valence-corrected chi connectivity index (χ1v) is 17.3. The predicted molar refractivity (Wildman–Crippen MR) is 183 cm³/mol. The Morgan fingerprint density at radius 3 is 2.38 bits per heavy atom. The topological polar surface area (TPSA) is 157 Å². The fraction of sp³-hybridized carbons (Fsp3) is 0.583. The second-order valence-electron chi connectivity index (χ2n) is 14.9. The molecule has 4 fully saturated rings. The van der Waals surface area contributed by atoms with Gasteiger partial charge in [-0.15, -0.1) is 0 Å². The van der Waals surface area contributed by atoms with Gasteiger partial charge in [0.05, 0.1) is 81.5 Å². The quantitative estimate of drug-likeness (QED) is 0.200. The van der Waals surface area contributed by atoms with Crippen LogP contribution in [-0.4, -0.2) is 89.9 Å². The number of quaternary nitrogens is 1. The number of nitrogens with zero attached hydrogens (tertiary/aromatic N) is 5. The van der Waals surface area contributed by atoms with E-state index in [4.69, 9.17) is 31.9 Å². The highest BCUT2D eigenvalue weighted by atomic mass is 16.5. The third kappa shape index (κ3) is 6.46. The van der Waals surface area contributed by atoms with E-state index in [1.54, 1.807) is 24.3 Å². The maximum atomic E-state index is 11.9. The van der Waals surface area contributed by atoms with Crippen molar-refractivity contribution in [1.29, 1.82) is 0 Å². The summed E-state index contributed by atoms with van der Waals surface area (Å²) in [5.74, 6) is 1.68. The van der Waals surface area contributed by atoms with Crippen molar-refractivity contribution in [2.45, 2.75) is 57.8 Å². The Balaban J connectivity index is 1.07. The number of nitrogens with two attached hydrogens (primary N) is 3. The number of aromatic nitrogens is 2. The molecule has 2 unspecified atom stereocenters. The van der Waals surface area contributed by atoms with Crippen molar-refractivity contribution in [1.82, 2.24) is 14.9 Å². The minimum absolute atomic E-state index is 0.0359. The number of carbonyl (C=O) groups is 1. The lowest BCUT2D eigenvalue weighted by atomic mass is 9.56. The average Bonchev–Trinajstić information content (AvgIpc) is 3.02. The van der Waals surface area contributed by atoms with Crippen molar-refractivity contribution in [2.75, 3.05) is 64.4 Å². The number of piperazine rings is 1. The normalized spacial score (nSPS) is 25.8. The fourth-order valence-corrected chi connectivity index (χ4v) is 9.29. The van der Waals surface area contributed by atoms with Crippen molar-refractivity contribution in [3.05, 3.63) is 65.6 Å². The van der Waals surface area contributed by atoms with Crippen molar-refractivity contribution in [2.24, 2.45) is 34.5 Å². The van der Waals surface area contributed by atoms with E-state index in [9.17, 15) is 9.90 Å². The zero-order chi connectivity index (χ0) is 33.4. The van der Waals surface area contributed by atoms with Gasteiger partial charge in [0.25, 0.3) is 0 Å². The number of hydrogen-bond acceptors (Lipinski definition) is 10. The van der Waals surface area contributed by atoms with Gasteiger partial charge in [0.1, 0.15) is 17.4 Å². The molecule has 1 aromatic heterocycles. The van der Waals surface area contributed by atoms with Crippen LogP contribution in [0.4, 0.5) is 5.69 Å². The standard InChI is InChI=1S/C36H52N8O3/c1-4-36(10-7-11-43(22-25(2)17-36)30(32(38)39)16-29(37)28-8-5-6-9-31(28)45)34-40-20-27(21-41-34)42-12-14-44(15-13-42)23-35(24-44)18-26(19-35)33(46)47-3/h5-6,8-9,16,20-21,25-26H,4,7,10-15,17-19,22-24,37-39H2,1-3H3/p+1/b29-16-. The van der Waals surface area contributed by atoms with Gasteiger partial charge in [-0.1, -0.05) is 26.0 Å². The Morgan fingerprint density at radius 1 is 1.09 bits per heavy atom.